The third kappa shape index (κ3) is 2.13. The van der Waals surface area contributed by atoms with E-state index in [0.717, 1.165) is 34.8 Å². The van der Waals surface area contributed by atoms with Crippen molar-refractivity contribution in [1.82, 2.24) is 4.90 Å². The molecule has 0 aromatic heterocycles. The zero-order valence-electron chi connectivity index (χ0n) is 13.6. The minimum Gasteiger partial charge on any atom is -0.497 e. The Morgan fingerprint density at radius 3 is 3.08 bits per heavy atom. The fraction of sp³-hybridized carbons (Fsp3) is 0.588. The van der Waals surface area contributed by atoms with Crippen molar-refractivity contribution in [2.45, 2.75) is 29.7 Å². The molecular weight excluding hydrogens is 328 g/mol. The molecule has 128 valence electrons. The smallest absolute Gasteiger partial charge is 0.223 e. The van der Waals surface area contributed by atoms with Gasteiger partial charge in [-0.2, -0.15) is 0 Å². The third-order valence-corrected chi connectivity index (χ3v) is 6.90. The molecule has 3 atom stereocenters. The first-order valence-electron chi connectivity index (χ1n) is 8.30. The molecule has 2 fully saturated rings. The Bertz CT molecular complexity index is 710. The van der Waals surface area contributed by atoms with E-state index in [2.05, 4.69) is 6.07 Å². The molecule has 1 aromatic carbocycles. The van der Waals surface area contributed by atoms with Gasteiger partial charge in [-0.15, -0.1) is 11.8 Å². The molecule has 1 aliphatic carbocycles. The molecule has 0 bridgehead atoms. The number of nitro groups is 1. The average Bonchev–Trinajstić information content (AvgIpc) is 2.96. The van der Waals surface area contributed by atoms with Crippen LogP contribution in [-0.4, -0.2) is 41.7 Å². The van der Waals surface area contributed by atoms with E-state index in [1.165, 1.54) is 0 Å². The van der Waals surface area contributed by atoms with Crippen LogP contribution in [-0.2, 0) is 10.3 Å². The summed E-state index contributed by atoms with van der Waals surface area (Å²) >= 11 is 1.75. The normalized spacial score (nSPS) is 31.2. The van der Waals surface area contributed by atoms with Gasteiger partial charge < -0.3 is 9.64 Å². The molecule has 24 heavy (non-hydrogen) atoms. The molecule has 2 heterocycles. The molecule has 0 N–H and O–H groups in total. The summed E-state index contributed by atoms with van der Waals surface area (Å²) in [5.74, 6) is 1.83. The number of benzene rings is 1. The molecule has 2 unspecified atom stereocenters. The van der Waals surface area contributed by atoms with E-state index >= 15 is 0 Å². The Balaban J connectivity index is 1.83. The van der Waals surface area contributed by atoms with Crippen molar-refractivity contribution in [3.05, 3.63) is 33.9 Å². The van der Waals surface area contributed by atoms with Crippen molar-refractivity contribution in [2.75, 3.05) is 26.0 Å². The second-order valence-corrected chi connectivity index (χ2v) is 7.94. The van der Waals surface area contributed by atoms with E-state index in [4.69, 9.17) is 4.74 Å². The van der Waals surface area contributed by atoms with E-state index in [9.17, 15) is 14.9 Å². The van der Waals surface area contributed by atoms with E-state index < -0.39 is 0 Å². The number of hydrogen-bond donors (Lipinski definition) is 0. The van der Waals surface area contributed by atoms with E-state index in [-0.39, 0.29) is 34.7 Å². The Hall–Kier alpha value is -1.76. The van der Waals surface area contributed by atoms with Gasteiger partial charge >= 0.3 is 0 Å². The van der Waals surface area contributed by atoms with Crippen LogP contribution >= 0.6 is 11.8 Å². The number of fused-ring (bicyclic) bond motifs is 1. The van der Waals surface area contributed by atoms with E-state index in [1.54, 1.807) is 18.9 Å². The van der Waals surface area contributed by atoms with Gasteiger partial charge in [0.2, 0.25) is 12.5 Å². The van der Waals surface area contributed by atoms with Gasteiger partial charge in [-0.25, -0.2) is 0 Å². The SMILES string of the molecule is COc1ccc2c(c1)SCCN1C(=O)CC3[C@H](C[N+](=O)[O-])CCC231. The van der Waals surface area contributed by atoms with Crippen molar-refractivity contribution in [3.63, 3.8) is 0 Å². The maximum atomic E-state index is 12.7. The first kappa shape index (κ1) is 15.7. The number of nitrogens with zero attached hydrogens (tertiary/aromatic N) is 2. The Kier molecular flexibility index (Phi) is 3.71. The highest BCUT2D eigenvalue weighted by Crippen LogP contribution is 2.59. The first-order chi connectivity index (χ1) is 11.6. The summed E-state index contributed by atoms with van der Waals surface area (Å²) in [6.45, 7) is 0.675. The summed E-state index contributed by atoms with van der Waals surface area (Å²) in [7, 11) is 1.65. The fourth-order valence-electron chi connectivity index (χ4n) is 4.94. The number of amides is 1. The molecule has 7 heteroatoms. The quantitative estimate of drug-likeness (QED) is 0.620. The fourth-order valence-corrected chi connectivity index (χ4v) is 6.03. The van der Waals surface area contributed by atoms with Gasteiger partial charge in [0.05, 0.1) is 12.6 Å². The molecule has 1 aromatic rings. The number of ether oxygens (including phenoxy) is 1. The molecule has 2 aliphatic heterocycles. The van der Waals surface area contributed by atoms with Crippen LogP contribution in [0, 0.1) is 22.0 Å². The topological polar surface area (TPSA) is 72.7 Å². The molecule has 4 rings (SSSR count). The summed E-state index contributed by atoms with van der Waals surface area (Å²) < 4.78 is 5.35. The van der Waals surface area contributed by atoms with Crippen LogP contribution in [0.2, 0.25) is 0 Å². The van der Waals surface area contributed by atoms with Gasteiger partial charge in [0, 0.05) is 40.4 Å². The van der Waals surface area contributed by atoms with Crippen LogP contribution in [0.4, 0.5) is 0 Å². The lowest BCUT2D eigenvalue weighted by Gasteiger charge is -2.39. The molecule has 3 aliphatic rings. The molecule has 0 radical (unpaired) electrons. The van der Waals surface area contributed by atoms with Crippen LogP contribution in [0.1, 0.15) is 24.8 Å². The monoisotopic (exact) mass is 348 g/mol. The van der Waals surface area contributed by atoms with Crippen LogP contribution in [0.5, 0.6) is 5.75 Å². The predicted octanol–water partition coefficient (Wildman–Crippen LogP) is 2.53. The molecule has 1 spiro atoms. The van der Waals surface area contributed by atoms with Crippen molar-refractivity contribution < 1.29 is 14.5 Å². The Morgan fingerprint density at radius 2 is 2.33 bits per heavy atom. The molecule has 1 saturated carbocycles. The summed E-state index contributed by atoms with van der Waals surface area (Å²) in [4.78, 5) is 26.7. The van der Waals surface area contributed by atoms with Gasteiger partial charge in [-0.1, -0.05) is 6.07 Å². The highest BCUT2D eigenvalue weighted by atomic mass is 32.2. The number of carbonyl (C=O) groups is 1. The summed E-state index contributed by atoms with van der Waals surface area (Å²) in [5, 5.41) is 11.1. The lowest BCUT2D eigenvalue weighted by Crippen LogP contribution is -2.45. The van der Waals surface area contributed by atoms with E-state index in [0.29, 0.717) is 13.0 Å². The van der Waals surface area contributed by atoms with Gasteiger partial charge in [-0.05, 0) is 30.5 Å². The lowest BCUT2D eigenvalue weighted by atomic mass is 9.78. The zero-order valence-corrected chi connectivity index (χ0v) is 14.4. The Morgan fingerprint density at radius 1 is 1.50 bits per heavy atom. The molecule has 1 amide bonds. The lowest BCUT2D eigenvalue weighted by molar-refractivity contribution is -0.489. The van der Waals surface area contributed by atoms with Crippen molar-refractivity contribution in [2.24, 2.45) is 11.8 Å². The minimum absolute atomic E-state index is 0.0213. The number of thioether (sulfide) groups is 1. The van der Waals surface area contributed by atoms with Gasteiger partial charge in [0.25, 0.3) is 0 Å². The van der Waals surface area contributed by atoms with Crippen molar-refractivity contribution in [1.29, 1.82) is 0 Å². The number of methoxy groups -OCH3 is 1. The number of rotatable bonds is 3. The van der Waals surface area contributed by atoms with E-state index in [1.807, 2.05) is 17.0 Å². The first-order valence-corrected chi connectivity index (χ1v) is 9.28. The maximum Gasteiger partial charge on any atom is 0.223 e. The van der Waals surface area contributed by atoms with Crippen LogP contribution in [0.15, 0.2) is 23.1 Å². The van der Waals surface area contributed by atoms with Gasteiger partial charge in [0.1, 0.15) is 5.75 Å². The highest BCUT2D eigenvalue weighted by molar-refractivity contribution is 7.99. The summed E-state index contributed by atoms with van der Waals surface area (Å²) in [6.07, 6.45) is 2.07. The van der Waals surface area contributed by atoms with Crippen LogP contribution in [0.3, 0.4) is 0 Å². The van der Waals surface area contributed by atoms with Gasteiger partial charge in [-0.3, -0.25) is 14.9 Å². The average molecular weight is 348 g/mol. The predicted molar refractivity (Wildman–Crippen MR) is 89.8 cm³/mol. The highest BCUT2D eigenvalue weighted by Gasteiger charge is 2.61. The second-order valence-electron chi connectivity index (χ2n) is 6.80. The van der Waals surface area contributed by atoms with Gasteiger partial charge in [0.15, 0.2) is 0 Å². The largest absolute Gasteiger partial charge is 0.497 e. The Labute approximate surface area is 144 Å². The summed E-state index contributed by atoms with van der Waals surface area (Å²) in [5.41, 5.74) is 0.801. The van der Waals surface area contributed by atoms with Crippen LogP contribution in [0.25, 0.3) is 0 Å². The minimum atomic E-state index is -0.358. The molecule has 6 nitrogen and oxygen atoms in total. The standard InChI is InChI=1S/C17H20N2O4S/c1-23-12-2-3-13-15(8-12)24-7-6-18-16(20)9-14-11(10-19(21)22)4-5-17(13,14)18/h2-3,8,11,14H,4-7,9-10H2,1H3/t11-,14?,17?/m0/s1. The maximum absolute atomic E-state index is 12.7. The number of hydrogen-bond acceptors (Lipinski definition) is 5. The summed E-state index contributed by atoms with van der Waals surface area (Å²) in [6, 6.07) is 6.05. The third-order valence-electron chi connectivity index (χ3n) is 5.87. The second kappa shape index (κ2) is 5.65. The van der Waals surface area contributed by atoms with Crippen molar-refractivity contribution >= 4 is 17.7 Å². The molecular formula is C17H20N2O4S. The van der Waals surface area contributed by atoms with Crippen molar-refractivity contribution in [3.8, 4) is 5.75 Å². The number of carbonyl (C=O) groups excluding carboxylic acids is 1. The zero-order chi connectivity index (χ0) is 16.9. The van der Waals surface area contributed by atoms with Crippen LogP contribution < -0.4 is 4.74 Å². The molecule has 1 saturated heterocycles.